The lowest BCUT2D eigenvalue weighted by molar-refractivity contribution is -0.201. The van der Waals surface area contributed by atoms with E-state index >= 15 is 0 Å². The lowest BCUT2D eigenvalue weighted by atomic mass is 10.0. The van der Waals surface area contributed by atoms with Crippen molar-refractivity contribution < 1.29 is 60.3 Å². The van der Waals surface area contributed by atoms with E-state index in [-0.39, 0.29) is 46.4 Å². The standard InChI is InChI=1S/C26H18F6N6O7S2/c27-25(28,29)12-2-1-3-13(7-12)37-5-4-10(19(37)40)6-11-8-46-21-16(35-18(39)15(36-44)14-9-47-24(33)34-14)20(41)38(21)17(11)22(42)45-23(43)26(30,31)32/h1-3,6-7,9,16,21,44H,4-5,8H2,(H2,33,34)(H,35,39)/b10-6?,36-15-/t16-,21-/m1/s1. The number of allylic oxidation sites excluding steroid dienone is 1. The molecule has 0 radical (unpaired) electrons. The molecule has 248 valence electrons. The van der Waals surface area contributed by atoms with Crippen molar-refractivity contribution >= 4 is 69.3 Å². The van der Waals surface area contributed by atoms with Gasteiger partial charge in [-0.25, -0.2) is 14.6 Å². The summed E-state index contributed by atoms with van der Waals surface area (Å²) in [5.74, 6) is -7.91. The van der Waals surface area contributed by atoms with Gasteiger partial charge in [0.05, 0.1) is 5.56 Å². The maximum absolute atomic E-state index is 13.2. The van der Waals surface area contributed by atoms with Gasteiger partial charge in [-0.15, -0.1) is 23.1 Å². The fourth-order valence-electron chi connectivity index (χ4n) is 4.81. The molecular weight excluding hydrogens is 686 g/mol. The first-order chi connectivity index (χ1) is 22.0. The fraction of sp³-hybridized carbons (Fsp3) is 0.269. The van der Waals surface area contributed by atoms with Crippen molar-refractivity contribution in [3.05, 3.63) is 63.8 Å². The highest BCUT2D eigenvalue weighted by atomic mass is 32.2. The van der Waals surface area contributed by atoms with Gasteiger partial charge in [0.15, 0.2) is 10.8 Å². The molecule has 13 nitrogen and oxygen atoms in total. The van der Waals surface area contributed by atoms with Crippen molar-refractivity contribution in [3.8, 4) is 0 Å². The van der Waals surface area contributed by atoms with Crippen molar-refractivity contribution in [1.29, 1.82) is 0 Å². The van der Waals surface area contributed by atoms with Crippen LogP contribution in [-0.4, -0.2) is 80.4 Å². The summed E-state index contributed by atoms with van der Waals surface area (Å²) in [6, 6.07) is 2.54. The van der Waals surface area contributed by atoms with Gasteiger partial charge in [-0.3, -0.25) is 19.3 Å². The molecule has 1 aromatic carbocycles. The van der Waals surface area contributed by atoms with E-state index in [1.54, 1.807) is 0 Å². The quantitative estimate of drug-likeness (QED) is 0.0591. The van der Waals surface area contributed by atoms with Crippen LogP contribution in [0.3, 0.4) is 0 Å². The highest BCUT2D eigenvalue weighted by Crippen LogP contribution is 2.42. The van der Waals surface area contributed by atoms with E-state index in [0.717, 1.165) is 52.3 Å². The normalized spacial score (nSPS) is 21.1. The molecule has 2 aromatic rings. The average molecular weight is 705 g/mol. The van der Waals surface area contributed by atoms with Crippen LogP contribution >= 0.6 is 23.1 Å². The summed E-state index contributed by atoms with van der Waals surface area (Å²) >= 11 is 1.83. The van der Waals surface area contributed by atoms with Crippen molar-refractivity contribution in [2.45, 2.75) is 30.2 Å². The number of hydrogen-bond acceptors (Lipinski definition) is 12. The number of nitrogens with one attached hydrogen (secondary N) is 1. The molecule has 47 heavy (non-hydrogen) atoms. The Morgan fingerprint density at radius 2 is 1.89 bits per heavy atom. The number of aromatic nitrogens is 1. The number of alkyl halides is 6. The van der Waals surface area contributed by atoms with Crippen LogP contribution in [0.1, 0.15) is 17.7 Å². The molecule has 0 unspecified atom stereocenters. The van der Waals surface area contributed by atoms with E-state index in [0.29, 0.717) is 4.90 Å². The Hall–Kier alpha value is -4.92. The van der Waals surface area contributed by atoms with Crippen LogP contribution in [0.2, 0.25) is 0 Å². The van der Waals surface area contributed by atoms with Gasteiger partial charge < -0.3 is 25.9 Å². The average Bonchev–Trinajstić information content (AvgIpc) is 3.59. The topological polar surface area (TPSA) is 185 Å². The van der Waals surface area contributed by atoms with Crippen LogP contribution in [0.25, 0.3) is 0 Å². The zero-order chi connectivity index (χ0) is 34.4. The van der Waals surface area contributed by atoms with Gasteiger partial charge in [-0.05, 0) is 36.3 Å². The van der Waals surface area contributed by atoms with Gasteiger partial charge in [-0.1, -0.05) is 11.2 Å². The predicted molar refractivity (Wildman–Crippen MR) is 151 cm³/mol. The minimum absolute atomic E-state index is 0.0321. The molecule has 0 spiro atoms. The number of thiazole rings is 1. The van der Waals surface area contributed by atoms with E-state index in [1.807, 2.05) is 0 Å². The molecule has 4 N–H and O–H groups in total. The zero-order valence-corrected chi connectivity index (χ0v) is 24.7. The van der Waals surface area contributed by atoms with Gasteiger partial charge in [0.1, 0.15) is 22.8 Å². The van der Waals surface area contributed by atoms with Gasteiger partial charge in [0.2, 0.25) is 0 Å². The van der Waals surface area contributed by atoms with Crippen molar-refractivity contribution in [2.24, 2.45) is 5.16 Å². The summed E-state index contributed by atoms with van der Waals surface area (Å²) in [5.41, 5.74) is 2.60. The molecule has 0 saturated carbocycles. The number of thioether (sulfide) groups is 1. The van der Waals surface area contributed by atoms with Gasteiger partial charge >= 0.3 is 24.3 Å². The second-order valence-electron chi connectivity index (χ2n) is 9.85. The molecule has 2 fully saturated rings. The summed E-state index contributed by atoms with van der Waals surface area (Å²) in [7, 11) is 0. The zero-order valence-electron chi connectivity index (χ0n) is 23.1. The third kappa shape index (κ3) is 6.52. The first-order valence-corrected chi connectivity index (χ1v) is 14.9. The van der Waals surface area contributed by atoms with E-state index in [2.05, 4.69) is 20.2 Å². The molecular formula is C26H18F6N6O7S2. The Kier molecular flexibility index (Phi) is 8.79. The number of nitrogens with two attached hydrogens (primary N) is 1. The third-order valence-electron chi connectivity index (χ3n) is 6.93. The number of benzene rings is 1. The van der Waals surface area contributed by atoms with Crippen molar-refractivity contribution in [3.63, 3.8) is 0 Å². The number of nitrogen functional groups attached to an aromatic ring is 1. The monoisotopic (exact) mass is 704 g/mol. The number of ether oxygens (including phenoxy) is 1. The summed E-state index contributed by atoms with van der Waals surface area (Å²) in [6.07, 6.45) is -9.24. The Labute approximate surface area is 266 Å². The number of nitrogens with zero attached hydrogens (tertiary/aromatic N) is 4. The Bertz CT molecular complexity index is 1790. The summed E-state index contributed by atoms with van der Waals surface area (Å²) in [4.78, 5) is 69.1. The minimum atomic E-state index is -5.58. The minimum Gasteiger partial charge on any atom is -0.410 e. The van der Waals surface area contributed by atoms with E-state index in [1.165, 1.54) is 11.4 Å². The Balaban J connectivity index is 1.44. The van der Waals surface area contributed by atoms with Crippen LogP contribution < -0.4 is 16.0 Å². The molecule has 4 heterocycles. The number of carbonyl (C=O) groups excluding carboxylic acids is 5. The number of carbonyl (C=O) groups is 5. The molecule has 0 aliphatic carbocycles. The van der Waals surface area contributed by atoms with Gasteiger partial charge in [-0.2, -0.15) is 26.3 Å². The molecule has 3 aliphatic heterocycles. The SMILES string of the molecule is Nc1nc(/C(=N/O)C(=O)N[C@@H]2C(=O)N3C(C(=O)OC(=O)C(F)(F)F)=C(C=C4CCN(c5cccc(C(F)(F)F)c5)C4=O)CS[C@H]23)cs1. The molecule has 21 heteroatoms. The number of fused-ring (bicyclic) bond motifs is 1. The van der Waals surface area contributed by atoms with E-state index < -0.39 is 70.4 Å². The number of β-lactam (4-membered cyclic amide) rings is 1. The van der Waals surface area contributed by atoms with Crippen LogP contribution in [-0.2, 0) is 34.9 Å². The molecule has 2 atom stereocenters. The van der Waals surface area contributed by atoms with Crippen LogP contribution in [0, 0.1) is 0 Å². The smallest absolute Gasteiger partial charge is 0.410 e. The lowest BCUT2D eigenvalue weighted by Crippen LogP contribution is -2.71. The molecule has 0 bridgehead atoms. The second-order valence-corrected chi connectivity index (χ2v) is 11.8. The third-order valence-corrected chi connectivity index (χ3v) is 8.91. The Morgan fingerprint density at radius 3 is 2.51 bits per heavy atom. The van der Waals surface area contributed by atoms with E-state index in [4.69, 9.17) is 5.73 Å². The lowest BCUT2D eigenvalue weighted by Gasteiger charge is -2.49. The molecule has 3 aliphatic rings. The molecule has 2 saturated heterocycles. The van der Waals surface area contributed by atoms with Crippen molar-refractivity contribution in [1.82, 2.24) is 15.2 Å². The first kappa shape index (κ1) is 33.4. The summed E-state index contributed by atoms with van der Waals surface area (Å²) in [6.45, 7) is -0.0858. The first-order valence-electron chi connectivity index (χ1n) is 13.0. The molecule has 1 aromatic heterocycles. The number of oxime groups is 1. The number of hydrogen-bond donors (Lipinski definition) is 3. The van der Waals surface area contributed by atoms with E-state index in [9.17, 15) is 55.5 Å². The largest absolute Gasteiger partial charge is 0.491 e. The van der Waals surface area contributed by atoms with Crippen LogP contribution in [0.4, 0.5) is 37.2 Å². The second kappa shape index (κ2) is 12.4. The highest BCUT2D eigenvalue weighted by Gasteiger charge is 2.55. The molecule has 3 amide bonds. The maximum atomic E-state index is 13.2. The van der Waals surface area contributed by atoms with Crippen molar-refractivity contribution in [2.75, 3.05) is 22.9 Å². The van der Waals surface area contributed by atoms with Gasteiger partial charge in [0.25, 0.3) is 17.7 Å². The number of halogens is 6. The van der Waals surface area contributed by atoms with Crippen LogP contribution in [0.15, 0.2) is 57.7 Å². The maximum Gasteiger partial charge on any atom is 0.491 e. The number of esters is 2. The number of anilines is 2. The number of amides is 3. The highest BCUT2D eigenvalue weighted by molar-refractivity contribution is 8.00. The fourth-order valence-corrected chi connectivity index (χ4v) is 6.66. The van der Waals surface area contributed by atoms with Gasteiger partial charge in [0, 0.05) is 28.9 Å². The summed E-state index contributed by atoms with van der Waals surface area (Å²) in [5, 5.41) is 14.7. The summed E-state index contributed by atoms with van der Waals surface area (Å²) < 4.78 is 82.4. The predicted octanol–water partition coefficient (Wildman–Crippen LogP) is 2.57. The number of rotatable bonds is 6. The van der Waals surface area contributed by atoms with Crippen LogP contribution in [0.5, 0.6) is 0 Å². The molecule has 5 rings (SSSR count). The Morgan fingerprint density at radius 1 is 1.17 bits per heavy atom.